The van der Waals surface area contributed by atoms with Gasteiger partial charge in [-0.05, 0) is 0 Å². The SMILES string of the molecule is C=CC(=O)O.[U]. The molecule has 0 heterocycles. The molecule has 0 saturated heterocycles. The quantitative estimate of drug-likeness (QED) is 0.706. The van der Waals surface area contributed by atoms with E-state index in [0.717, 1.165) is 6.08 Å². The fourth-order valence-corrected chi connectivity index (χ4v) is 0. The third-order valence-electron chi connectivity index (χ3n) is 0.175. The molecule has 3 heteroatoms. The molecule has 0 saturated carbocycles. The van der Waals surface area contributed by atoms with Crippen molar-refractivity contribution in [3.63, 3.8) is 0 Å². The number of carbonyl (C=O) groups is 1. The van der Waals surface area contributed by atoms with Crippen LogP contribution >= 0.6 is 0 Å². The normalized spacial score (nSPS) is 5.33. The van der Waals surface area contributed by atoms with Gasteiger partial charge < -0.3 is 5.11 Å². The Hall–Kier alpha value is 0.262. The van der Waals surface area contributed by atoms with Gasteiger partial charge in [0, 0.05) is 37.2 Å². The van der Waals surface area contributed by atoms with Gasteiger partial charge in [0.1, 0.15) is 0 Å². The van der Waals surface area contributed by atoms with E-state index in [0.29, 0.717) is 0 Å². The summed E-state index contributed by atoms with van der Waals surface area (Å²) in [5.74, 6) is -0.981. The second-order valence-corrected chi connectivity index (χ2v) is 0.542. The Morgan fingerprint density at radius 2 is 2.00 bits per heavy atom. The Kier molecular flexibility index (Phi) is 8.37. The largest absolute Gasteiger partial charge is 0.478 e. The maximum absolute atomic E-state index is 9.25. The zero-order valence-corrected chi connectivity index (χ0v) is 7.30. The van der Waals surface area contributed by atoms with E-state index in [1.54, 1.807) is 0 Å². The molecule has 0 rings (SSSR count). The van der Waals surface area contributed by atoms with Crippen LogP contribution in [0.1, 0.15) is 0 Å². The summed E-state index contributed by atoms with van der Waals surface area (Å²) in [5, 5.41) is 7.60. The van der Waals surface area contributed by atoms with Crippen molar-refractivity contribution < 1.29 is 41.0 Å². The van der Waals surface area contributed by atoms with Crippen LogP contribution in [0.5, 0.6) is 0 Å². The molecule has 0 spiro atoms. The predicted molar refractivity (Wildman–Crippen MR) is 17.8 cm³/mol. The van der Waals surface area contributed by atoms with Crippen LogP contribution in [-0.2, 0) is 4.79 Å². The summed E-state index contributed by atoms with van der Waals surface area (Å²) in [6.45, 7) is 2.96. The van der Waals surface area contributed by atoms with Gasteiger partial charge in [-0.2, -0.15) is 0 Å². The molecule has 0 bridgehead atoms. The molecule has 0 aliphatic carbocycles. The van der Waals surface area contributed by atoms with Crippen LogP contribution in [0, 0.1) is 31.1 Å². The fourth-order valence-electron chi connectivity index (χ4n) is 0. The third kappa shape index (κ3) is 8.86. The van der Waals surface area contributed by atoms with E-state index in [2.05, 4.69) is 6.58 Å². The Labute approximate surface area is 59.6 Å². The Morgan fingerprint density at radius 3 is 2.00 bits per heavy atom. The van der Waals surface area contributed by atoms with Crippen LogP contribution in [0.4, 0.5) is 0 Å². The minimum Gasteiger partial charge on any atom is -0.478 e. The standard InChI is InChI=1S/C3H4O2.U/c1-2-3(4)5;/h2H,1H2,(H,4,5);. The van der Waals surface area contributed by atoms with Crippen molar-refractivity contribution in [1.82, 2.24) is 0 Å². The molecule has 1 N–H and O–H groups in total. The van der Waals surface area contributed by atoms with Crippen molar-refractivity contribution in [3.8, 4) is 0 Å². The van der Waals surface area contributed by atoms with Crippen molar-refractivity contribution in [2.45, 2.75) is 0 Å². The molecule has 32 valence electrons. The number of aliphatic carboxylic acids is 1. The van der Waals surface area contributed by atoms with Gasteiger partial charge in [-0.1, -0.05) is 6.58 Å². The molecule has 0 aliphatic heterocycles. The minimum atomic E-state index is -0.981. The molecular weight excluding hydrogens is 306 g/mol. The van der Waals surface area contributed by atoms with Gasteiger partial charge in [0.15, 0.2) is 0 Å². The first-order valence-electron chi connectivity index (χ1n) is 1.12. The Balaban J connectivity index is 0. The van der Waals surface area contributed by atoms with E-state index >= 15 is 0 Å². The van der Waals surface area contributed by atoms with Crippen molar-refractivity contribution in [2.75, 3.05) is 0 Å². The van der Waals surface area contributed by atoms with E-state index in [-0.39, 0.29) is 31.1 Å². The molecule has 0 aromatic heterocycles. The molecule has 6 heavy (non-hydrogen) atoms. The summed E-state index contributed by atoms with van der Waals surface area (Å²) in [6, 6.07) is 0. The van der Waals surface area contributed by atoms with E-state index in [1.165, 1.54) is 0 Å². The molecule has 0 amide bonds. The van der Waals surface area contributed by atoms with Crippen LogP contribution < -0.4 is 0 Å². The van der Waals surface area contributed by atoms with Gasteiger partial charge in [-0.25, -0.2) is 4.79 Å². The molecule has 0 aromatic rings. The average molecular weight is 310 g/mol. The zero-order chi connectivity index (χ0) is 4.28. The monoisotopic (exact) mass is 310 g/mol. The molecule has 0 aromatic carbocycles. The third-order valence-corrected chi connectivity index (χ3v) is 0.175. The van der Waals surface area contributed by atoms with Crippen molar-refractivity contribution >= 4 is 5.97 Å². The minimum absolute atomic E-state index is 0. The summed E-state index contributed by atoms with van der Waals surface area (Å²) in [4.78, 5) is 9.25. The maximum Gasteiger partial charge on any atom is 0.327 e. The first-order valence-corrected chi connectivity index (χ1v) is 1.12. The smallest absolute Gasteiger partial charge is 0.327 e. The van der Waals surface area contributed by atoms with Crippen LogP contribution in [0.3, 0.4) is 0 Å². The maximum atomic E-state index is 9.25. The molecule has 0 aliphatic rings. The van der Waals surface area contributed by atoms with Gasteiger partial charge in [-0.3, -0.25) is 0 Å². The first kappa shape index (κ1) is 9.55. The summed E-state index contributed by atoms with van der Waals surface area (Å²) in [5.41, 5.74) is 0. The van der Waals surface area contributed by atoms with E-state index < -0.39 is 5.97 Å². The summed E-state index contributed by atoms with van der Waals surface area (Å²) in [6.07, 6.45) is 0.833. The van der Waals surface area contributed by atoms with Crippen molar-refractivity contribution in [2.24, 2.45) is 0 Å². The topological polar surface area (TPSA) is 37.3 Å². The summed E-state index contributed by atoms with van der Waals surface area (Å²) < 4.78 is 0. The predicted octanol–water partition coefficient (Wildman–Crippen LogP) is 0.257. The molecular formula is C3H4O2U. The van der Waals surface area contributed by atoms with Gasteiger partial charge in [0.25, 0.3) is 0 Å². The molecule has 2 nitrogen and oxygen atoms in total. The zero-order valence-electron chi connectivity index (χ0n) is 3.14. The van der Waals surface area contributed by atoms with Gasteiger partial charge in [0.2, 0.25) is 0 Å². The molecule has 0 unspecified atom stereocenters. The number of carboxylic acids is 1. The number of hydrogen-bond donors (Lipinski definition) is 1. The van der Waals surface area contributed by atoms with Crippen molar-refractivity contribution in [1.29, 1.82) is 0 Å². The van der Waals surface area contributed by atoms with Crippen LogP contribution in [0.2, 0.25) is 0 Å². The first-order chi connectivity index (χ1) is 2.27. The van der Waals surface area contributed by atoms with Crippen LogP contribution in [0.25, 0.3) is 0 Å². The van der Waals surface area contributed by atoms with Gasteiger partial charge >= 0.3 is 5.97 Å². The van der Waals surface area contributed by atoms with Crippen LogP contribution in [-0.4, -0.2) is 11.1 Å². The molecule has 0 atom stereocenters. The van der Waals surface area contributed by atoms with Crippen LogP contribution in [0.15, 0.2) is 12.7 Å². The summed E-state index contributed by atoms with van der Waals surface area (Å²) >= 11 is 0. The van der Waals surface area contributed by atoms with Gasteiger partial charge in [0.05, 0.1) is 0 Å². The summed E-state index contributed by atoms with van der Waals surface area (Å²) in [7, 11) is 0. The second kappa shape index (κ2) is 5.26. The van der Waals surface area contributed by atoms with E-state index in [9.17, 15) is 4.79 Å². The Bertz CT molecular complexity index is 59.8. The second-order valence-electron chi connectivity index (χ2n) is 0.542. The molecule has 0 radical (unpaired) electrons. The van der Waals surface area contributed by atoms with Gasteiger partial charge in [-0.15, -0.1) is 0 Å². The number of hydrogen-bond acceptors (Lipinski definition) is 1. The fraction of sp³-hybridized carbons (Fsp3) is 0. The van der Waals surface area contributed by atoms with E-state index in [1.807, 2.05) is 0 Å². The average Bonchev–Trinajstić information content (AvgIpc) is 1.38. The molecule has 0 fully saturated rings. The van der Waals surface area contributed by atoms with Crippen molar-refractivity contribution in [3.05, 3.63) is 12.7 Å². The number of rotatable bonds is 1. The van der Waals surface area contributed by atoms with E-state index in [4.69, 9.17) is 5.11 Å². The Morgan fingerprint density at radius 1 is 1.83 bits per heavy atom. The number of carboxylic acid groups (broad SMARTS) is 1.